The topological polar surface area (TPSA) is 41.3 Å². The fraction of sp³-hybridized carbons (Fsp3) is 1.00. The standard InChI is InChI=1S/C13H25N3/c14-8-10-2-1-3-13(10)15-11-6-7-16(9-11)12-4-5-12/h10-13,15H,1-9,14H2. The molecule has 1 heterocycles. The Morgan fingerprint density at radius 3 is 2.75 bits per heavy atom. The minimum atomic E-state index is 0.717. The van der Waals surface area contributed by atoms with E-state index in [9.17, 15) is 0 Å². The van der Waals surface area contributed by atoms with Gasteiger partial charge in [0, 0.05) is 31.2 Å². The first-order valence-electron chi connectivity index (χ1n) is 7.07. The highest BCUT2D eigenvalue weighted by Crippen LogP contribution is 2.31. The summed E-state index contributed by atoms with van der Waals surface area (Å²) in [5.41, 5.74) is 5.83. The van der Waals surface area contributed by atoms with Crippen LogP contribution in [0.25, 0.3) is 0 Å². The first-order chi connectivity index (χ1) is 7.86. The predicted molar refractivity (Wildman–Crippen MR) is 66.3 cm³/mol. The van der Waals surface area contributed by atoms with Crippen LogP contribution < -0.4 is 11.1 Å². The minimum absolute atomic E-state index is 0.717. The molecule has 1 saturated heterocycles. The quantitative estimate of drug-likeness (QED) is 0.745. The molecule has 0 spiro atoms. The number of nitrogens with zero attached hydrogens (tertiary/aromatic N) is 1. The molecule has 2 aliphatic carbocycles. The molecule has 0 radical (unpaired) electrons. The molecule has 0 aromatic heterocycles. The van der Waals surface area contributed by atoms with Crippen LogP contribution in [0, 0.1) is 5.92 Å². The van der Waals surface area contributed by atoms with Gasteiger partial charge in [-0.1, -0.05) is 6.42 Å². The van der Waals surface area contributed by atoms with Crippen molar-refractivity contribution in [2.24, 2.45) is 11.7 Å². The fourth-order valence-corrected chi connectivity index (χ4v) is 3.54. The molecule has 3 N–H and O–H groups in total. The molecule has 2 saturated carbocycles. The Hall–Kier alpha value is -0.120. The summed E-state index contributed by atoms with van der Waals surface area (Å²) < 4.78 is 0. The van der Waals surface area contributed by atoms with Crippen molar-refractivity contribution in [3.05, 3.63) is 0 Å². The van der Waals surface area contributed by atoms with Crippen LogP contribution in [0.3, 0.4) is 0 Å². The first kappa shape index (κ1) is 11.0. The number of hydrogen-bond donors (Lipinski definition) is 2. The summed E-state index contributed by atoms with van der Waals surface area (Å²) in [6.45, 7) is 3.48. The molecule has 3 nitrogen and oxygen atoms in total. The smallest absolute Gasteiger partial charge is 0.0210 e. The number of hydrogen-bond acceptors (Lipinski definition) is 3. The Balaban J connectivity index is 1.47. The molecule has 3 atom stereocenters. The van der Waals surface area contributed by atoms with E-state index < -0.39 is 0 Å². The Morgan fingerprint density at radius 1 is 1.12 bits per heavy atom. The van der Waals surface area contributed by atoms with Crippen molar-refractivity contribution < 1.29 is 0 Å². The second-order valence-corrected chi connectivity index (χ2v) is 5.91. The third-order valence-corrected chi connectivity index (χ3v) is 4.69. The molecular weight excluding hydrogens is 198 g/mol. The van der Waals surface area contributed by atoms with Gasteiger partial charge in [-0.3, -0.25) is 4.90 Å². The lowest BCUT2D eigenvalue weighted by Gasteiger charge is -2.24. The van der Waals surface area contributed by atoms with Crippen LogP contribution in [0.2, 0.25) is 0 Å². The molecule has 0 aromatic carbocycles. The second kappa shape index (κ2) is 4.63. The van der Waals surface area contributed by atoms with E-state index in [1.807, 2.05) is 0 Å². The summed E-state index contributed by atoms with van der Waals surface area (Å²) in [6, 6.07) is 2.41. The van der Waals surface area contributed by atoms with E-state index in [2.05, 4.69) is 10.2 Å². The van der Waals surface area contributed by atoms with Crippen LogP contribution in [0.15, 0.2) is 0 Å². The van der Waals surface area contributed by atoms with Gasteiger partial charge in [-0.25, -0.2) is 0 Å². The number of nitrogens with two attached hydrogens (primary N) is 1. The average molecular weight is 223 g/mol. The maximum atomic E-state index is 5.83. The summed E-state index contributed by atoms with van der Waals surface area (Å²) in [5, 5.41) is 3.87. The monoisotopic (exact) mass is 223 g/mol. The van der Waals surface area contributed by atoms with Gasteiger partial charge in [-0.2, -0.15) is 0 Å². The second-order valence-electron chi connectivity index (χ2n) is 5.91. The van der Waals surface area contributed by atoms with Gasteiger partial charge in [0.1, 0.15) is 0 Å². The minimum Gasteiger partial charge on any atom is -0.330 e. The first-order valence-corrected chi connectivity index (χ1v) is 7.07. The fourth-order valence-electron chi connectivity index (χ4n) is 3.54. The molecule has 0 amide bonds. The highest BCUT2D eigenvalue weighted by Gasteiger charge is 2.36. The van der Waals surface area contributed by atoms with Crippen molar-refractivity contribution in [1.29, 1.82) is 0 Å². The Kier molecular flexibility index (Phi) is 3.18. The summed E-state index contributed by atoms with van der Waals surface area (Å²) in [5.74, 6) is 0.745. The third kappa shape index (κ3) is 2.27. The average Bonchev–Trinajstić information content (AvgIpc) is 2.88. The van der Waals surface area contributed by atoms with E-state index in [1.54, 1.807) is 0 Å². The molecule has 0 bridgehead atoms. The van der Waals surface area contributed by atoms with Crippen molar-refractivity contribution in [2.45, 2.75) is 56.7 Å². The lowest BCUT2D eigenvalue weighted by atomic mass is 10.0. The van der Waals surface area contributed by atoms with Crippen LogP contribution >= 0.6 is 0 Å². The van der Waals surface area contributed by atoms with Gasteiger partial charge in [0.2, 0.25) is 0 Å². The van der Waals surface area contributed by atoms with Gasteiger partial charge >= 0.3 is 0 Å². The van der Waals surface area contributed by atoms with Crippen molar-refractivity contribution in [2.75, 3.05) is 19.6 Å². The van der Waals surface area contributed by atoms with Gasteiger partial charge in [-0.15, -0.1) is 0 Å². The van der Waals surface area contributed by atoms with Gasteiger partial charge in [0.25, 0.3) is 0 Å². The van der Waals surface area contributed by atoms with Gasteiger partial charge in [0.15, 0.2) is 0 Å². The van der Waals surface area contributed by atoms with Crippen LogP contribution in [-0.4, -0.2) is 42.7 Å². The van der Waals surface area contributed by atoms with Crippen LogP contribution in [0.4, 0.5) is 0 Å². The molecule has 3 fully saturated rings. The molecule has 0 aromatic rings. The zero-order valence-electron chi connectivity index (χ0n) is 10.2. The van der Waals surface area contributed by atoms with E-state index in [0.29, 0.717) is 6.04 Å². The summed E-state index contributed by atoms with van der Waals surface area (Å²) in [4.78, 5) is 2.68. The Bertz CT molecular complexity index is 239. The number of nitrogens with one attached hydrogen (secondary N) is 1. The molecule has 3 rings (SSSR count). The van der Waals surface area contributed by atoms with Gasteiger partial charge in [-0.05, 0) is 44.6 Å². The van der Waals surface area contributed by atoms with E-state index in [-0.39, 0.29) is 0 Å². The van der Waals surface area contributed by atoms with Crippen molar-refractivity contribution in [3.8, 4) is 0 Å². The molecule has 1 aliphatic heterocycles. The lowest BCUT2D eigenvalue weighted by molar-refractivity contribution is 0.302. The van der Waals surface area contributed by atoms with Crippen LogP contribution in [0.5, 0.6) is 0 Å². The number of likely N-dealkylation sites (tertiary alicyclic amines) is 1. The van der Waals surface area contributed by atoms with Crippen LogP contribution in [0.1, 0.15) is 38.5 Å². The zero-order valence-corrected chi connectivity index (χ0v) is 10.2. The van der Waals surface area contributed by atoms with Gasteiger partial charge in [0.05, 0.1) is 0 Å². The molecule has 3 heteroatoms. The normalized spacial score (nSPS) is 40.7. The third-order valence-electron chi connectivity index (χ3n) is 4.69. The van der Waals surface area contributed by atoms with E-state index >= 15 is 0 Å². The SMILES string of the molecule is NCC1CCCC1NC1CCN(C2CC2)C1. The maximum absolute atomic E-state index is 5.83. The summed E-state index contributed by atoms with van der Waals surface area (Å²) in [6.07, 6.45) is 8.31. The zero-order chi connectivity index (χ0) is 11.0. The predicted octanol–water partition coefficient (Wildman–Crippen LogP) is 0.940. The molecule has 92 valence electrons. The Labute approximate surface area is 98.8 Å². The maximum Gasteiger partial charge on any atom is 0.0210 e. The highest BCUT2D eigenvalue weighted by molar-refractivity contribution is 4.94. The van der Waals surface area contributed by atoms with Crippen molar-refractivity contribution in [3.63, 3.8) is 0 Å². The molecule has 16 heavy (non-hydrogen) atoms. The van der Waals surface area contributed by atoms with Crippen molar-refractivity contribution >= 4 is 0 Å². The summed E-state index contributed by atoms with van der Waals surface area (Å²) >= 11 is 0. The largest absolute Gasteiger partial charge is 0.330 e. The molecule has 3 unspecified atom stereocenters. The van der Waals surface area contributed by atoms with E-state index in [1.165, 1.54) is 51.6 Å². The van der Waals surface area contributed by atoms with Gasteiger partial charge < -0.3 is 11.1 Å². The summed E-state index contributed by atoms with van der Waals surface area (Å²) in [7, 11) is 0. The van der Waals surface area contributed by atoms with Crippen molar-refractivity contribution in [1.82, 2.24) is 10.2 Å². The molecular formula is C13H25N3. The number of rotatable bonds is 4. The lowest BCUT2D eigenvalue weighted by Crippen LogP contribution is -2.43. The molecule has 3 aliphatic rings. The highest BCUT2D eigenvalue weighted by atomic mass is 15.2. The Morgan fingerprint density at radius 2 is 2.00 bits per heavy atom. The van der Waals surface area contributed by atoms with Crippen LogP contribution in [-0.2, 0) is 0 Å². The van der Waals surface area contributed by atoms with E-state index in [4.69, 9.17) is 5.73 Å². The van der Waals surface area contributed by atoms with E-state index in [0.717, 1.165) is 24.5 Å².